The molecule has 0 atom stereocenters. The number of nitrogens with zero attached hydrogens (tertiary/aromatic N) is 4. The summed E-state index contributed by atoms with van der Waals surface area (Å²) >= 11 is 0. The van der Waals surface area contributed by atoms with Gasteiger partial charge < -0.3 is 10.1 Å². The summed E-state index contributed by atoms with van der Waals surface area (Å²) in [6.07, 6.45) is 0.934. The van der Waals surface area contributed by atoms with Crippen LogP contribution in [0.4, 0.5) is 14.6 Å². The van der Waals surface area contributed by atoms with Crippen molar-refractivity contribution in [2.45, 2.75) is 6.54 Å². The highest BCUT2D eigenvalue weighted by Gasteiger charge is 2.16. The third-order valence-electron chi connectivity index (χ3n) is 3.88. The summed E-state index contributed by atoms with van der Waals surface area (Å²) in [5, 5.41) is 11.8. The maximum atomic E-state index is 13.9. The second kappa shape index (κ2) is 8.49. The van der Waals surface area contributed by atoms with Crippen LogP contribution >= 0.6 is 0 Å². The number of sulfonamides is 1. The van der Waals surface area contributed by atoms with Gasteiger partial charge >= 0.3 is 0 Å². The molecule has 9 nitrogen and oxygen atoms in total. The lowest BCUT2D eigenvalue weighted by Gasteiger charge is -2.07. The highest BCUT2D eigenvalue weighted by molar-refractivity contribution is 7.89. The predicted octanol–water partition coefficient (Wildman–Crippen LogP) is 1.38. The molecule has 0 bridgehead atoms. The van der Waals surface area contributed by atoms with Crippen LogP contribution < -0.4 is 15.2 Å². The van der Waals surface area contributed by atoms with E-state index in [0.717, 1.165) is 6.20 Å². The molecule has 2 heterocycles. The van der Waals surface area contributed by atoms with Crippen molar-refractivity contribution in [3.63, 3.8) is 0 Å². The largest absolute Gasteiger partial charge is 0.481 e. The zero-order valence-electron chi connectivity index (χ0n) is 15.3. The topological polar surface area (TPSA) is 125 Å². The summed E-state index contributed by atoms with van der Waals surface area (Å²) in [6, 6.07) is 7.79. The highest BCUT2D eigenvalue weighted by atomic mass is 32.2. The normalized spacial score (nSPS) is 11.4. The second-order valence-electron chi connectivity index (χ2n) is 6.00. The molecule has 0 saturated carbocycles. The number of benzene rings is 1. The number of hydrogen-bond donors (Lipinski definition) is 2. The Hall–Kier alpha value is -3.12. The second-order valence-corrected chi connectivity index (χ2v) is 7.74. The molecular formula is C17H18F2N6O3S. The molecule has 0 radical (unpaired) electrons. The lowest BCUT2D eigenvalue weighted by molar-refractivity contribution is 0.365. The minimum atomic E-state index is -3.70. The molecule has 3 rings (SSSR count). The van der Waals surface area contributed by atoms with E-state index in [4.69, 9.17) is 9.88 Å². The number of halogens is 2. The Labute approximate surface area is 165 Å². The summed E-state index contributed by atoms with van der Waals surface area (Å²) in [6.45, 7) is -0.0201. The molecule has 3 aromatic rings. The van der Waals surface area contributed by atoms with Crippen LogP contribution in [-0.4, -0.2) is 47.6 Å². The SMILES string of the molecule is COc1cc(-c2ncc(F)c(NCCS(N)(=O)=O)n2)nn1Cc1ccccc1F. The molecular weight excluding hydrogens is 406 g/mol. The molecule has 154 valence electrons. The first-order chi connectivity index (χ1) is 13.8. The lowest BCUT2D eigenvalue weighted by atomic mass is 10.2. The number of hydrogen-bond acceptors (Lipinski definition) is 7. The molecule has 0 spiro atoms. The Morgan fingerprint density at radius 1 is 1.24 bits per heavy atom. The van der Waals surface area contributed by atoms with Crippen LogP contribution in [0.25, 0.3) is 11.5 Å². The minimum Gasteiger partial charge on any atom is -0.481 e. The Bertz CT molecular complexity index is 1120. The fourth-order valence-corrected chi connectivity index (χ4v) is 2.89. The minimum absolute atomic E-state index is 0.0788. The third-order valence-corrected chi connectivity index (χ3v) is 4.66. The number of nitrogens with two attached hydrogens (primary N) is 1. The molecule has 0 unspecified atom stereocenters. The number of nitrogens with one attached hydrogen (secondary N) is 1. The van der Waals surface area contributed by atoms with Gasteiger partial charge in [-0.2, -0.15) is 5.10 Å². The van der Waals surface area contributed by atoms with E-state index in [1.165, 1.54) is 23.9 Å². The van der Waals surface area contributed by atoms with Gasteiger partial charge in [0.15, 0.2) is 17.5 Å². The first-order valence-electron chi connectivity index (χ1n) is 8.39. The van der Waals surface area contributed by atoms with Gasteiger partial charge in [0.2, 0.25) is 15.9 Å². The van der Waals surface area contributed by atoms with Crippen molar-refractivity contribution in [3.05, 3.63) is 53.7 Å². The number of methoxy groups -OCH3 is 1. The van der Waals surface area contributed by atoms with E-state index >= 15 is 0 Å². The van der Waals surface area contributed by atoms with Gasteiger partial charge in [0.25, 0.3) is 0 Å². The molecule has 0 amide bonds. The van der Waals surface area contributed by atoms with Crippen LogP contribution in [0, 0.1) is 11.6 Å². The summed E-state index contributed by atoms with van der Waals surface area (Å²) in [4.78, 5) is 7.94. The van der Waals surface area contributed by atoms with Gasteiger partial charge in [-0.05, 0) is 6.07 Å². The van der Waals surface area contributed by atoms with Crippen molar-refractivity contribution >= 4 is 15.8 Å². The zero-order chi connectivity index (χ0) is 21.0. The van der Waals surface area contributed by atoms with Gasteiger partial charge in [-0.1, -0.05) is 18.2 Å². The Kier molecular flexibility index (Phi) is 6.03. The molecule has 0 aliphatic rings. The van der Waals surface area contributed by atoms with Gasteiger partial charge in [-0.3, -0.25) is 0 Å². The van der Waals surface area contributed by atoms with Crippen LogP contribution in [0.2, 0.25) is 0 Å². The van der Waals surface area contributed by atoms with Gasteiger partial charge in [0.05, 0.1) is 25.6 Å². The van der Waals surface area contributed by atoms with E-state index in [2.05, 4.69) is 20.4 Å². The summed E-state index contributed by atoms with van der Waals surface area (Å²) in [5.41, 5.74) is 0.679. The number of ether oxygens (including phenoxy) is 1. The molecule has 2 aromatic heterocycles. The predicted molar refractivity (Wildman–Crippen MR) is 102 cm³/mol. The summed E-state index contributed by atoms with van der Waals surface area (Å²) < 4.78 is 56.6. The molecule has 12 heteroatoms. The van der Waals surface area contributed by atoms with Crippen LogP contribution in [0.5, 0.6) is 5.88 Å². The average molecular weight is 424 g/mol. The molecule has 29 heavy (non-hydrogen) atoms. The highest BCUT2D eigenvalue weighted by Crippen LogP contribution is 2.23. The molecule has 0 aliphatic heterocycles. The Morgan fingerprint density at radius 2 is 2.00 bits per heavy atom. The first kappa shape index (κ1) is 20.6. The van der Waals surface area contributed by atoms with Crippen LogP contribution in [0.3, 0.4) is 0 Å². The first-order valence-corrected chi connectivity index (χ1v) is 10.1. The third kappa shape index (κ3) is 5.23. The van der Waals surface area contributed by atoms with E-state index < -0.39 is 21.6 Å². The quantitative estimate of drug-likeness (QED) is 0.560. The molecule has 1 aromatic carbocycles. The van der Waals surface area contributed by atoms with Gasteiger partial charge in [-0.25, -0.2) is 37.0 Å². The van der Waals surface area contributed by atoms with Gasteiger partial charge in [0, 0.05) is 18.2 Å². The average Bonchev–Trinajstić information content (AvgIpc) is 3.07. The van der Waals surface area contributed by atoms with E-state index in [1.54, 1.807) is 18.2 Å². The van der Waals surface area contributed by atoms with Crippen LogP contribution in [-0.2, 0) is 16.6 Å². The Balaban J connectivity index is 1.86. The fraction of sp³-hybridized carbons (Fsp3) is 0.235. The number of aromatic nitrogens is 4. The standard InChI is InChI=1S/C17H18F2N6O3S/c1-28-15-8-14(24-25(15)10-11-4-2-3-5-12(11)18)17-22-9-13(19)16(23-17)21-6-7-29(20,26)27/h2-5,8-9H,6-7,10H2,1H3,(H2,20,26,27)(H,21,22,23). The van der Waals surface area contributed by atoms with E-state index in [-0.39, 0.29) is 36.2 Å². The van der Waals surface area contributed by atoms with Crippen molar-refractivity contribution in [3.8, 4) is 17.4 Å². The summed E-state index contributed by atoms with van der Waals surface area (Å²) in [5.74, 6) is -1.32. The molecule has 3 N–H and O–H groups in total. The summed E-state index contributed by atoms with van der Waals surface area (Å²) in [7, 11) is -2.26. The van der Waals surface area contributed by atoms with E-state index in [9.17, 15) is 17.2 Å². The maximum Gasteiger partial charge on any atom is 0.212 e. The molecule has 0 aliphatic carbocycles. The van der Waals surface area contributed by atoms with Crippen LogP contribution in [0.15, 0.2) is 36.5 Å². The number of primary sulfonamides is 1. The number of rotatable bonds is 8. The van der Waals surface area contributed by atoms with E-state index in [1.807, 2.05) is 0 Å². The van der Waals surface area contributed by atoms with E-state index in [0.29, 0.717) is 11.4 Å². The molecule has 0 fully saturated rings. The van der Waals surface area contributed by atoms with Gasteiger partial charge in [-0.15, -0.1) is 0 Å². The monoisotopic (exact) mass is 424 g/mol. The maximum absolute atomic E-state index is 13.9. The van der Waals surface area contributed by atoms with Crippen molar-refractivity contribution < 1.29 is 21.9 Å². The van der Waals surface area contributed by atoms with Crippen molar-refractivity contribution in [2.75, 3.05) is 24.7 Å². The van der Waals surface area contributed by atoms with Crippen molar-refractivity contribution in [1.29, 1.82) is 0 Å². The van der Waals surface area contributed by atoms with Gasteiger partial charge in [0.1, 0.15) is 11.5 Å². The number of anilines is 1. The lowest BCUT2D eigenvalue weighted by Crippen LogP contribution is -2.23. The van der Waals surface area contributed by atoms with Crippen LogP contribution in [0.1, 0.15) is 5.56 Å². The molecule has 0 saturated heterocycles. The Morgan fingerprint density at radius 3 is 2.69 bits per heavy atom. The van der Waals surface area contributed by atoms with Crippen molar-refractivity contribution in [1.82, 2.24) is 19.7 Å². The van der Waals surface area contributed by atoms with Crippen molar-refractivity contribution in [2.24, 2.45) is 5.14 Å². The smallest absolute Gasteiger partial charge is 0.212 e. The zero-order valence-corrected chi connectivity index (χ0v) is 16.2. The fourth-order valence-electron chi connectivity index (χ4n) is 2.50.